The third-order valence-electron chi connectivity index (χ3n) is 3.94. The number of fused-ring (bicyclic) bond motifs is 5. The molecule has 2 aliphatic heterocycles. The van der Waals surface area contributed by atoms with Crippen LogP contribution in [0.5, 0.6) is 0 Å². The smallest absolute Gasteiger partial charge is 0.0723 e. The van der Waals surface area contributed by atoms with E-state index in [1.807, 2.05) is 0 Å². The highest BCUT2D eigenvalue weighted by molar-refractivity contribution is 5.94. The third-order valence-corrected chi connectivity index (χ3v) is 3.94. The van der Waals surface area contributed by atoms with Crippen LogP contribution in [0.3, 0.4) is 0 Å². The van der Waals surface area contributed by atoms with Crippen LogP contribution in [0, 0.1) is 0 Å². The lowest BCUT2D eigenvalue weighted by Crippen LogP contribution is -2.24. The van der Waals surface area contributed by atoms with Crippen molar-refractivity contribution in [1.29, 1.82) is 0 Å². The van der Waals surface area contributed by atoms with E-state index in [9.17, 15) is 0 Å². The van der Waals surface area contributed by atoms with Crippen LogP contribution < -0.4 is 4.90 Å². The summed E-state index contributed by atoms with van der Waals surface area (Å²) >= 11 is 0. The molecule has 0 amide bonds. The number of rotatable bonds is 0. The van der Waals surface area contributed by atoms with Crippen molar-refractivity contribution in [2.75, 3.05) is 11.4 Å². The van der Waals surface area contributed by atoms with Gasteiger partial charge in [-0.3, -0.25) is 4.98 Å². The van der Waals surface area contributed by atoms with Crippen LogP contribution in [0.1, 0.15) is 18.4 Å². The monoisotopic (exact) mass is 210 g/mol. The van der Waals surface area contributed by atoms with E-state index in [2.05, 4.69) is 40.3 Å². The summed E-state index contributed by atoms with van der Waals surface area (Å²) in [4.78, 5) is 7.15. The number of benzene rings is 1. The van der Waals surface area contributed by atoms with Crippen molar-refractivity contribution in [3.8, 4) is 0 Å². The zero-order valence-corrected chi connectivity index (χ0v) is 9.19. The molecular formula is C14H14N2. The van der Waals surface area contributed by atoms with E-state index in [1.165, 1.54) is 42.4 Å². The molecule has 0 radical (unpaired) electrons. The Hall–Kier alpha value is -1.57. The molecule has 3 heterocycles. The highest BCUT2D eigenvalue weighted by Gasteiger charge is 2.34. The quantitative estimate of drug-likeness (QED) is 0.664. The zero-order valence-electron chi connectivity index (χ0n) is 9.19. The fourth-order valence-corrected chi connectivity index (χ4v) is 3.25. The average molecular weight is 210 g/mol. The first-order valence-electron chi connectivity index (χ1n) is 6.07. The van der Waals surface area contributed by atoms with Crippen LogP contribution in [-0.4, -0.2) is 17.6 Å². The molecule has 4 rings (SSSR count). The third kappa shape index (κ3) is 0.993. The largest absolute Gasteiger partial charge is 0.367 e. The average Bonchev–Trinajstić information content (AvgIpc) is 2.88. The zero-order chi connectivity index (χ0) is 10.5. The summed E-state index contributed by atoms with van der Waals surface area (Å²) < 4.78 is 0. The maximum atomic E-state index is 4.55. The molecule has 0 aliphatic carbocycles. The highest BCUT2D eigenvalue weighted by Crippen LogP contribution is 2.41. The van der Waals surface area contributed by atoms with Gasteiger partial charge in [0.15, 0.2) is 0 Å². The van der Waals surface area contributed by atoms with Crippen molar-refractivity contribution in [2.45, 2.75) is 25.3 Å². The van der Waals surface area contributed by atoms with Crippen molar-refractivity contribution >= 4 is 16.6 Å². The Balaban J connectivity index is 2.03. The summed E-state index contributed by atoms with van der Waals surface area (Å²) in [5.74, 6) is 0. The molecular weight excluding hydrogens is 196 g/mol. The lowest BCUT2D eigenvalue weighted by molar-refractivity contribution is 0.703. The van der Waals surface area contributed by atoms with Gasteiger partial charge in [0, 0.05) is 24.2 Å². The van der Waals surface area contributed by atoms with Gasteiger partial charge in [0.1, 0.15) is 0 Å². The minimum atomic E-state index is 0.752. The van der Waals surface area contributed by atoms with Crippen LogP contribution in [-0.2, 0) is 6.42 Å². The van der Waals surface area contributed by atoms with Gasteiger partial charge < -0.3 is 4.90 Å². The molecule has 0 spiro atoms. The molecule has 1 saturated heterocycles. The minimum absolute atomic E-state index is 0.752. The fourth-order valence-electron chi connectivity index (χ4n) is 3.25. The van der Waals surface area contributed by atoms with E-state index in [1.54, 1.807) is 0 Å². The van der Waals surface area contributed by atoms with Gasteiger partial charge in [0.2, 0.25) is 0 Å². The second-order valence-electron chi connectivity index (χ2n) is 4.84. The van der Waals surface area contributed by atoms with Gasteiger partial charge in [0.05, 0.1) is 11.2 Å². The predicted molar refractivity (Wildman–Crippen MR) is 65.8 cm³/mol. The number of hydrogen-bond donors (Lipinski definition) is 0. The van der Waals surface area contributed by atoms with E-state index in [0.29, 0.717) is 0 Å². The maximum Gasteiger partial charge on any atom is 0.0723 e. The van der Waals surface area contributed by atoms with E-state index in [0.717, 1.165) is 11.6 Å². The molecule has 0 saturated carbocycles. The Labute approximate surface area is 94.9 Å². The summed E-state index contributed by atoms with van der Waals surface area (Å²) in [6.45, 7) is 1.23. The van der Waals surface area contributed by atoms with Crippen LogP contribution >= 0.6 is 0 Å². The molecule has 2 aliphatic rings. The second kappa shape index (κ2) is 2.97. The second-order valence-corrected chi connectivity index (χ2v) is 4.84. The molecule has 80 valence electrons. The SMILES string of the molecule is c1ccc2c3c(cnc2c1)CC1CCCN31. The summed E-state index contributed by atoms with van der Waals surface area (Å²) in [7, 11) is 0. The number of anilines is 1. The maximum absolute atomic E-state index is 4.55. The Morgan fingerprint density at radius 1 is 1.25 bits per heavy atom. The molecule has 1 aromatic heterocycles. The molecule has 1 fully saturated rings. The Morgan fingerprint density at radius 2 is 2.19 bits per heavy atom. The lowest BCUT2D eigenvalue weighted by atomic mass is 10.1. The first kappa shape index (κ1) is 8.57. The summed E-state index contributed by atoms with van der Waals surface area (Å²) in [5.41, 5.74) is 4.05. The molecule has 0 N–H and O–H groups in total. The Bertz CT molecular complexity index is 562. The highest BCUT2D eigenvalue weighted by atomic mass is 15.2. The first-order valence-corrected chi connectivity index (χ1v) is 6.07. The number of hydrogen-bond acceptors (Lipinski definition) is 2. The molecule has 2 aromatic rings. The summed E-state index contributed by atoms with van der Waals surface area (Å²) in [6.07, 6.45) is 5.98. The molecule has 16 heavy (non-hydrogen) atoms. The first-order chi connectivity index (χ1) is 7.93. The van der Waals surface area contributed by atoms with Crippen LogP contribution in [0.15, 0.2) is 30.5 Å². The lowest BCUT2D eigenvalue weighted by Gasteiger charge is -2.19. The summed E-state index contributed by atoms with van der Waals surface area (Å²) in [5, 5.41) is 1.34. The number of nitrogens with zero attached hydrogens (tertiary/aromatic N) is 2. The van der Waals surface area contributed by atoms with E-state index in [-0.39, 0.29) is 0 Å². The van der Waals surface area contributed by atoms with Crippen LogP contribution in [0.2, 0.25) is 0 Å². The molecule has 2 heteroatoms. The molecule has 1 aromatic carbocycles. The minimum Gasteiger partial charge on any atom is -0.367 e. The van der Waals surface area contributed by atoms with Gasteiger partial charge >= 0.3 is 0 Å². The van der Waals surface area contributed by atoms with Crippen molar-refractivity contribution in [3.63, 3.8) is 0 Å². The molecule has 0 bridgehead atoms. The van der Waals surface area contributed by atoms with E-state index in [4.69, 9.17) is 0 Å². The van der Waals surface area contributed by atoms with Crippen molar-refractivity contribution in [3.05, 3.63) is 36.0 Å². The molecule has 1 atom stereocenters. The number of aromatic nitrogens is 1. The topological polar surface area (TPSA) is 16.1 Å². The van der Waals surface area contributed by atoms with E-state index >= 15 is 0 Å². The predicted octanol–water partition coefficient (Wildman–Crippen LogP) is 2.76. The Morgan fingerprint density at radius 3 is 3.19 bits per heavy atom. The van der Waals surface area contributed by atoms with Crippen LogP contribution in [0.4, 0.5) is 5.69 Å². The molecule has 2 nitrogen and oxygen atoms in total. The number of pyridine rings is 1. The van der Waals surface area contributed by atoms with Gasteiger partial charge in [-0.1, -0.05) is 18.2 Å². The van der Waals surface area contributed by atoms with Gasteiger partial charge in [-0.15, -0.1) is 0 Å². The van der Waals surface area contributed by atoms with Gasteiger partial charge in [-0.25, -0.2) is 0 Å². The van der Waals surface area contributed by atoms with E-state index < -0.39 is 0 Å². The van der Waals surface area contributed by atoms with Gasteiger partial charge in [0.25, 0.3) is 0 Å². The van der Waals surface area contributed by atoms with Crippen molar-refractivity contribution < 1.29 is 0 Å². The normalized spacial score (nSPS) is 22.5. The van der Waals surface area contributed by atoms with Crippen molar-refractivity contribution in [2.24, 2.45) is 0 Å². The molecule has 1 unspecified atom stereocenters. The van der Waals surface area contributed by atoms with Crippen molar-refractivity contribution in [1.82, 2.24) is 4.98 Å². The van der Waals surface area contributed by atoms with Gasteiger partial charge in [-0.2, -0.15) is 0 Å². The van der Waals surface area contributed by atoms with Gasteiger partial charge in [-0.05, 0) is 30.9 Å². The fraction of sp³-hybridized carbons (Fsp3) is 0.357. The summed E-state index contributed by atoms with van der Waals surface area (Å²) in [6, 6.07) is 9.26. The Kier molecular flexibility index (Phi) is 1.59. The van der Waals surface area contributed by atoms with Crippen LogP contribution in [0.25, 0.3) is 10.9 Å². The number of para-hydroxylation sites is 1. The standard InChI is InChI=1S/C14H14N2/c1-2-6-13-12(5-1)14-10(9-15-13)8-11-4-3-7-16(11)14/h1-2,5-6,9,11H,3-4,7-8H2.